The van der Waals surface area contributed by atoms with Crippen molar-refractivity contribution in [3.63, 3.8) is 0 Å². The third-order valence-electron chi connectivity index (χ3n) is 6.81. The van der Waals surface area contributed by atoms with Crippen molar-refractivity contribution in [3.05, 3.63) is 36.4 Å². The third kappa shape index (κ3) is 5.15. The van der Waals surface area contributed by atoms with Gasteiger partial charge in [-0.25, -0.2) is 4.79 Å². The molecule has 7 heteroatoms. The van der Waals surface area contributed by atoms with Crippen LogP contribution in [-0.2, 0) is 4.79 Å². The number of benzene rings is 1. The maximum Gasteiger partial charge on any atom is 0.512 e. The van der Waals surface area contributed by atoms with E-state index in [2.05, 4.69) is 6.92 Å². The molecule has 4 rings (SSSR count). The summed E-state index contributed by atoms with van der Waals surface area (Å²) in [4.78, 5) is 28.0. The number of hydrogen-bond acceptors (Lipinski definition) is 5. The molecule has 2 aromatic rings. The predicted molar refractivity (Wildman–Crippen MR) is 125 cm³/mol. The van der Waals surface area contributed by atoms with Crippen molar-refractivity contribution in [1.82, 2.24) is 0 Å². The van der Waals surface area contributed by atoms with E-state index in [9.17, 15) is 19.8 Å². The van der Waals surface area contributed by atoms with Crippen molar-refractivity contribution in [2.75, 3.05) is 4.90 Å². The van der Waals surface area contributed by atoms with Crippen molar-refractivity contribution < 1.29 is 24.5 Å². The van der Waals surface area contributed by atoms with Gasteiger partial charge in [0.05, 0.1) is 11.8 Å². The highest BCUT2D eigenvalue weighted by Gasteiger charge is 2.37. The van der Waals surface area contributed by atoms with E-state index in [0.717, 1.165) is 36.1 Å². The first kappa shape index (κ1) is 22.8. The van der Waals surface area contributed by atoms with Crippen LogP contribution in [0.25, 0.3) is 10.4 Å². The van der Waals surface area contributed by atoms with E-state index in [1.165, 1.54) is 11.3 Å². The third-order valence-corrected chi connectivity index (χ3v) is 7.86. The van der Waals surface area contributed by atoms with E-state index in [0.29, 0.717) is 37.3 Å². The van der Waals surface area contributed by atoms with Crippen molar-refractivity contribution in [1.29, 1.82) is 0 Å². The molecule has 0 atom stereocenters. The predicted octanol–water partition coefficient (Wildman–Crippen LogP) is 5.93. The maximum atomic E-state index is 13.8. The molecule has 32 heavy (non-hydrogen) atoms. The summed E-state index contributed by atoms with van der Waals surface area (Å²) in [7, 11) is 0. The van der Waals surface area contributed by atoms with Gasteiger partial charge in [-0.05, 0) is 68.9 Å². The van der Waals surface area contributed by atoms with Crippen LogP contribution >= 0.6 is 11.3 Å². The minimum atomic E-state index is -1.38. The Balaban J connectivity index is 1.72. The number of hydrogen-bond donors (Lipinski definition) is 2. The average Bonchev–Trinajstić information content (AvgIpc) is 3.19. The van der Waals surface area contributed by atoms with E-state index in [1.807, 2.05) is 41.3 Å². The Labute approximate surface area is 192 Å². The molecule has 0 saturated heterocycles. The number of rotatable bonds is 5. The number of amides is 1. The van der Waals surface area contributed by atoms with Crippen molar-refractivity contribution in [2.24, 2.45) is 11.8 Å². The molecule has 0 aliphatic heterocycles. The van der Waals surface area contributed by atoms with Crippen LogP contribution in [0.15, 0.2) is 36.4 Å². The van der Waals surface area contributed by atoms with Gasteiger partial charge < -0.3 is 19.8 Å². The SMILES string of the molecule is C[C@H]1CC[C@H](C(=O)N(c2cc(-c3ccccc3)sc2OC(=O)O)[C@H]2CC[C@H](O)CC2)CC1. The molecule has 2 N–H and O–H groups in total. The van der Waals surface area contributed by atoms with E-state index in [4.69, 9.17) is 4.74 Å². The number of aliphatic hydroxyl groups is 1. The quantitative estimate of drug-likeness (QED) is 0.543. The van der Waals surface area contributed by atoms with Gasteiger partial charge >= 0.3 is 6.16 Å². The maximum absolute atomic E-state index is 13.8. The fraction of sp³-hybridized carbons (Fsp3) is 0.520. The smallest absolute Gasteiger partial charge is 0.449 e. The Morgan fingerprint density at radius 3 is 2.28 bits per heavy atom. The number of carbonyl (C=O) groups excluding carboxylic acids is 1. The van der Waals surface area contributed by atoms with Gasteiger partial charge in [0, 0.05) is 16.8 Å². The minimum Gasteiger partial charge on any atom is -0.449 e. The Hall–Kier alpha value is -2.38. The standard InChI is InChI=1S/C25H31NO5S/c1-16-7-9-18(10-8-16)23(28)26(19-11-13-20(27)14-12-19)21-15-22(17-5-3-2-4-6-17)32-24(21)31-25(29)30/h2-6,15-16,18-20,27H,7-14H2,1H3,(H,29,30)/t16-,18-,19-,20-. The highest BCUT2D eigenvalue weighted by Crippen LogP contribution is 2.46. The van der Waals surface area contributed by atoms with Crippen molar-refractivity contribution >= 4 is 29.1 Å². The number of thiophene rings is 1. The molecule has 2 aliphatic rings. The fourth-order valence-corrected chi connectivity index (χ4v) is 5.94. The zero-order chi connectivity index (χ0) is 22.7. The van der Waals surface area contributed by atoms with Gasteiger partial charge in [-0.1, -0.05) is 48.6 Å². The van der Waals surface area contributed by atoms with Crippen LogP contribution in [0, 0.1) is 11.8 Å². The molecule has 2 saturated carbocycles. The topological polar surface area (TPSA) is 87.1 Å². The van der Waals surface area contributed by atoms with Crippen molar-refractivity contribution in [2.45, 2.75) is 70.4 Å². The van der Waals surface area contributed by atoms with E-state index in [-0.39, 0.29) is 29.0 Å². The Morgan fingerprint density at radius 1 is 1.00 bits per heavy atom. The lowest BCUT2D eigenvalue weighted by atomic mass is 9.81. The van der Waals surface area contributed by atoms with E-state index >= 15 is 0 Å². The summed E-state index contributed by atoms with van der Waals surface area (Å²) in [6, 6.07) is 11.5. The largest absolute Gasteiger partial charge is 0.512 e. The average molecular weight is 458 g/mol. The Morgan fingerprint density at radius 2 is 1.66 bits per heavy atom. The molecule has 1 heterocycles. The van der Waals surface area contributed by atoms with Crippen LogP contribution in [0.1, 0.15) is 58.3 Å². The summed E-state index contributed by atoms with van der Waals surface area (Å²) >= 11 is 1.25. The Kier molecular flexibility index (Phi) is 7.16. The second-order valence-electron chi connectivity index (χ2n) is 9.14. The van der Waals surface area contributed by atoms with Gasteiger partial charge in [-0.2, -0.15) is 0 Å². The molecule has 0 radical (unpaired) electrons. The number of nitrogens with zero attached hydrogens (tertiary/aromatic N) is 1. The zero-order valence-corrected chi connectivity index (χ0v) is 19.2. The molecule has 6 nitrogen and oxygen atoms in total. The fourth-order valence-electron chi connectivity index (χ4n) is 4.95. The molecule has 2 aliphatic carbocycles. The summed E-state index contributed by atoms with van der Waals surface area (Å²) in [5, 5.41) is 19.6. The second kappa shape index (κ2) is 10.0. The monoisotopic (exact) mass is 457 g/mol. The first-order valence-corrected chi connectivity index (χ1v) is 12.3. The molecule has 0 bridgehead atoms. The molecule has 2 fully saturated rings. The van der Waals surface area contributed by atoms with Crippen LogP contribution in [0.3, 0.4) is 0 Å². The lowest BCUT2D eigenvalue weighted by Crippen LogP contribution is -2.46. The van der Waals surface area contributed by atoms with Gasteiger partial charge in [-0.15, -0.1) is 0 Å². The van der Waals surface area contributed by atoms with Gasteiger partial charge in [0.15, 0.2) is 0 Å². The molecule has 0 unspecified atom stereocenters. The number of ether oxygens (including phenoxy) is 1. The second-order valence-corrected chi connectivity index (χ2v) is 10.2. The lowest BCUT2D eigenvalue weighted by Gasteiger charge is -2.38. The Bertz CT molecular complexity index is 927. The van der Waals surface area contributed by atoms with E-state index < -0.39 is 6.16 Å². The molecule has 1 aromatic heterocycles. The first-order chi connectivity index (χ1) is 15.4. The number of aliphatic hydroxyl groups excluding tert-OH is 1. The highest BCUT2D eigenvalue weighted by atomic mass is 32.1. The summed E-state index contributed by atoms with van der Waals surface area (Å²) in [5.41, 5.74) is 1.50. The van der Waals surface area contributed by atoms with Crippen LogP contribution in [0.2, 0.25) is 0 Å². The number of carboxylic acid groups (broad SMARTS) is 1. The van der Waals surface area contributed by atoms with Gasteiger partial charge in [0.1, 0.15) is 0 Å². The molecule has 172 valence electrons. The molecule has 0 spiro atoms. The van der Waals surface area contributed by atoms with Crippen LogP contribution in [-0.4, -0.2) is 34.4 Å². The van der Waals surface area contributed by atoms with Crippen LogP contribution in [0.5, 0.6) is 5.06 Å². The summed E-state index contributed by atoms with van der Waals surface area (Å²) in [6.07, 6.45) is 4.73. The first-order valence-electron chi connectivity index (χ1n) is 11.5. The zero-order valence-electron chi connectivity index (χ0n) is 18.4. The van der Waals surface area contributed by atoms with E-state index in [1.54, 1.807) is 0 Å². The van der Waals surface area contributed by atoms with Gasteiger partial charge in [0.2, 0.25) is 11.0 Å². The molecule has 1 amide bonds. The number of carbonyl (C=O) groups is 2. The highest BCUT2D eigenvalue weighted by molar-refractivity contribution is 7.18. The number of anilines is 1. The molecule has 1 aromatic carbocycles. The normalized spacial score (nSPS) is 25.8. The summed E-state index contributed by atoms with van der Waals surface area (Å²) in [6.45, 7) is 2.23. The summed E-state index contributed by atoms with van der Waals surface area (Å²) in [5.74, 6) is 0.635. The molecular weight excluding hydrogens is 426 g/mol. The van der Waals surface area contributed by atoms with Crippen molar-refractivity contribution in [3.8, 4) is 15.5 Å². The lowest BCUT2D eigenvalue weighted by molar-refractivity contribution is -0.124. The molecular formula is C25H31NO5S. The summed E-state index contributed by atoms with van der Waals surface area (Å²) < 4.78 is 5.19. The van der Waals surface area contributed by atoms with Crippen LogP contribution < -0.4 is 9.64 Å². The van der Waals surface area contributed by atoms with Gasteiger partial charge in [-0.3, -0.25) is 4.79 Å². The van der Waals surface area contributed by atoms with Crippen LogP contribution in [0.4, 0.5) is 10.5 Å². The van der Waals surface area contributed by atoms with Gasteiger partial charge in [0.25, 0.3) is 0 Å². The minimum absolute atomic E-state index is 0.0594.